The van der Waals surface area contributed by atoms with Gasteiger partial charge in [-0.3, -0.25) is 4.79 Å². The fraction of sp³-hybridized carbons (Fsp3) is 0.429. The van der Waals surface area contributed by atoms with E-state index in [4.69, 9.17) is 12.2 Å². The number of amides is 1. The van der Waals surface area contributed by atoms with E-state index in [2.05, 4.69) is 22.3 Å². The van der Waals surface area contributed by atoms with Gasteiger partial charge in [0.05, 0.1) is 0 Å². The standard InChI is InChI=1S/C14H19N3OS2/c18-12-16-7-9-17(10-8-16)14(19)15-6-11-20-13-4-2-1-3-5-13/h1-5,12H,6-11H2,(H,15,19). The molecule has 1 aromatic rings. The van der Waals surface area contributed by atoms with Crippen molar-refractivity contribution in [2.75, 3.05) is 38.5 Å². The SMILES string of the molecule is O=CN1CCN(C(=S)NCCSc2ccccc2)CC1. The van der Waals surface area contributed by atoms with Gasteiger partial charge in [-0.15, -0.1) is 11.8 Å². The molecule has 0 bridgehead atoms. The Kier molecular flexibility index (Phi) is 6.14. The molecule has 1 fully saturated rings. The van der Waals surface area contributed by atoms with Crippen LogP contribution >= 0.6 is 24.0 Å². The molecule has 6 heteroatoms. The molecule has 0 aliphatic carbocycles. The van der Waals surface area contributed by atoms with Crippen molar-refractivity contribution >= 4 is 35.5 Å². The molecule has 2 rings (SSSR count). The summed E-state index contributed by atoms with van der Waals surface area (Å²) in [6.45, 7) is 3.99. The van der Waals surface area contributed by atoms with E-state index in [1.165, 1.54) is 4.90 Å². The van der Waals surface area contributed by atoms with Crippen LogP contribution in [0.15, 0.2) is 35.2 Å². The molecule has 1 aliphatic rings. The number of nitrogens with zero attached hydrogens (tertiary/aromatic N) is 2. The van der Waals surface area contributed by atoms with E-state index in [0.29, 0.717) is 0 Å². The van der Waals surface area contributed by atoms with Gasteiger partial charge in [-0.1, -0.05) is 18.2 Å². The van der Waals surface area contributed by atoms with Gasteiger partial charge in [-0.2, -0.15) is 0 Å². The summed E-state index contributed by atoms with van der Waals surface area (Å²) in [5.74, 6) is 0.985. The number of carbonyl (C=O) groups excluding carboxylic acids is 1. The van der Waals surface area contributed by atoms with Crippen molar-refractivity contribution in [2.24, 2.45) is 0 Å². The lowest BCUT2D eigenvalue weighted by Crippen LogP contribution is -2.51. The maximum Gasteiger partial charge on any atom is 0.209 e. The molecule has 0 saturated carbocycles. The van der Waals surface area contributed by atoms with Gasteiger partial charge in [0.1, 0.15) is 0 Å². The number of piperazine rings is 1. The highest BCUT2D eigenvalue weighted by atomic mass is 32.2. The molecule has 0 spiro atoms. The maximum absolute atomic E-state index is 10.6. The third-order valence-corrected chi connectivity index (χ3v) is 4.56. The molecule has 1 saturated heterocycles. The Balaban J connectivity index is 1.62. The predicted octanol–water partition coefficient (Wildman–Crippen LogP) is 1.43. The van der Waals surface area contributed by atoms with E-state index < -0.39 is 0 Å². The van der Waals surface area contributed by atoms with Crippen LogP contribution in [0.3, 0.4) is 0 Å². The second-order valence-electron chi connectivity index (χ2n) is 4.52. The van der Waals surface area contributed by atoms with Gasteiger partial charge in [-0.05, 0) is 24.4 Å². The van der Waals surface area contributed by atoms with Crippen molar-refractivity contribution in [3.8, 4) is 0 Å². The monoisotopic (exact) mass is 309 g/mol. The molecule has 1 heterocycles. The number of hydrogen-bond acceptors (Lipinski definition) is 3. The summed E-state index contributed by atoms with van der Waals surface area (Å²) in [4.78, 5) is 15.8. The fourth-order valence-electron chi connectivity index (χ4n) is 1.99. The van der Waals surface area contributed by atoms with Crippen LogP contribution in [0.4, 0.5) is 0 Å². The summed E-state index contributed by atoms with van der Waals surface area (Å²) in [6, 6.07) is 10.3. The second-order valence-corrected chi connectivity index (χ2v) is 6.08. The van der Waals surface area contributed by atoms with Crippen LogP contribution in [-0.4, -0.2) is 59.8 Å². The van der Waals surface area contributed by atoms with Crippen molar-refractivity contribution in [1.82, 2.24) is 15.1 Å². The molecule has 0 radical (unpaired) electrons. The van der Waals surface area contributed by atoms with E-state index in [1.54, 1.807) is 4.90 Å². The average Bonchev–Trinajstić information content (AvgIpc) is 2.52. The summed E-state index contributed by atoms with van der Waals surface area (Å²) in [5.41, 5.74) is 0. The average molecular weight is 309 g/mol. The van der Waals surface area contributed by atoms with Crippen molar-refractivity contribution < 1.29 is 4.79 Å². The summed E-state index contributed by atoms with van der Waals surface area (Å²) < 4.78 is 0. The summed E-state index contributed by atoms with van der Waals surface area (Å²) in [6.07, 6.45) is 0.907. The fourth-order valence-corrected chi connectivity index (χ4v) is 3.06. The first-order valence-electron chi connectivity index (χ1n) is 6.69. The number of thiocarbonyl (C=S) groups is 1. The molecule has 4 nitrogen and oxygen atoms in total. The minimum atomic E-state index is 0.754. The van der Waals surface area contributed by atoms with Crippen molar-refractivity contribution in [3.05, 3.63) is 30.3 Å². The molecule has 1 aliphatic heterocycles. The third kappa shape index (κ3) is 4.68. The van der Waals surface area contributed by atoms with Crippen LogP contribution in [0.25, 0.3) is 0 Å². The summed E-state index contributed by atoms with van der Waals surface area (Å²) >= 11 is 7.20. The number of thioether (sulfide) groups is 1. The smallest absolute Gasteiger partial charge is 0.209 e. The first-order valence-corrected chi connectivity index (χ1v) is 8.09. The number of rotatable bonds is 5. The first-order chi connectivity index (χ1) is 9.79. The summed E-state index contributed by atoms with van der Waals surface area (Å²) in [7, 11) is 0. The Morgan fingerprint density at radius 3 is 2.60 bits per heavy atom. The molecule has 1 amide bonds. The van der Waals surface area contributed by atoms with Crippen molar-refractivity contribution in [1.29, 1.82) is 0 Å². The van der Waals surface area contributed by atoms with Crippen LogP contribution in [0, 0.1) is 0 Å². The zero-order valence-corrected chi connectivity index (χ0v) is 13.0. The molecule has 0 unspecified atom stereocenters. The Morgan fingerprint density at radius 2 is 1.95 bits per heavy atom. The van der Waals surface area contributed by atoms with E-state index in [-0.39, 0.29) is 0 Å². The van der Waals surface area contributed by atoms with E-state index in [9.17, 15) is 4.79 Å². The lowest BCUT2D eigenvalue weighted by atomic mass is 10.3. The second kappa shape index (κ2) is 8.11. The van der Waals surface area contributed by atoms with Crippen LogP contribution in [-0.2, 0) is 4.79 Å². The van der Waals surface area contributed by atoms with Gasteiger partial charge in [0.15, 0.2) is 5.11 Å². The first kappa shape index (κ1) is 15.1. The quantitative estimate of drug-likeness (QED) is 0.385. The number of carbonyl (C=O) groups is 1. The topological polar surface area (TPSA) is 35.6 Å². The van der Waals surface area contributed by atoms with Gasteiger partial charge in [0.25, 0.3) is 0 Å². The van der Waals surface area contributed by atoms with Crippen LogP contribution in [0.5, 0.6) is 0 Å². The third-order valence-electron chi connectivity index (χ3n) is 3.14. The molecule has 108 valence electrons. The van der Waals surface area contributed by atoms with E-state index in [1.807, 2.05) is 30.0 Å². The number of nitrogens with one attached hydrogen (secondary N) is 1. The Labute approximate surface area is 129 Å². The molecule has 1 aromatic carbocycles. The van der Waals surface area contributed by atoms with Crippen LogP contribution in [0.2, 0.25) is 0 Å². The van der Waals surface area contributed by atoms with Crippen LogP contribution in [0.1, 0.15) is 0 Å². The van der Waals surface area contributed by atoms with Gasteiger partial charge < -0.3 is 15.1 Å². The molecular weight excluding hydrogens is 290 g/mol. The molecular formula is C14H19N3OS2. The normalized spacial score (nSPS) is 15.0. The summed E-state index contributed by atoms with van der Waals surface area (Å²) in [5, 5.41) is 4.08. The van der Waals surface area contributed by atoms with E-state index >= 15 is 0 Å². The van der Waals surface area contributed by atoms with E-state index in [0.717, 1.165) is 50.0 Å². The lowest BCUT2D eigenvalue weighted by Gasteiger charge is -2.34. The molecule has 1 N–H and O–H groups in total. The molecule has 0 atom stereocenters. The predicted molar refractivity (Wildman–Crippen MR) is 87.0 cm³/mol. The minimum absolute atomic E-state index is 0.754. The molecule has 20 heavy (non-hydrogen) atoms. The highest BCUT2D eigenvalue weighted by Gasteiger charge is 2.16. The van der Waals surface area contributed by atoms with Gasteiger partial charge in [0, 0.05) is 43.4 Å². The number of benzene rings is 1. The van der Waals surface area contributed by atoms with Crippen molar-refractivity contribution in [2.45, 2.75) is 4.90 Å². The molecule has 0 aromatic heterocycles. The van der Waals surface area contributed by atoms with Crippen LogP contribution < -0.4 is 5.32 Å². The van der Waals surface area contributed by atoms with Gasteiger partial charge >= 0.3 is 0 Å². The maximum atomic E-state index is 10.6. The minimum Gasteiger partial charge on any atom is -0.362 e. The van der Waals surface area contributed by atoms with Gasteiger partial charge in [0.2, 0.25) is 6.41 Å². The largest absolute Gasteiger partial charge is 0.362 e. The zero-order valence-electron chi connectivity index (χ0n) is 11.3. The highest BCUT2D eigenvalue weighted by Crippen LogP contribution is 2.15. The highest BCUT2D eigenvalue weighted by molar-refractivity contribution is 7.99. The lowest BCUT2D eigenvalue weighted by molar-refractivity contribution is -0.119. The van der Waals surface area contributed by atoms with Crippen molar-refractivity contribution in [3.63, 3.8) is 0 Å². The van der Waals surface area contributed by atoms with Gasteiger partial charge in [-0.25, -0.2) is 0 Å². The zero-order chi connectivity index (χ0) is 14.2. The number of hydrogen-bond donors (Lipinski definition) is 1. The Hall–Kier alpha value is -1.27. The Morgan fingerprint density at radius 1 is 1.25 bits per heavy atom. The Bertz CT molecular complexity index is 433.